The Morgan fingerprint density at radius 3 is 2.33 bits per heavy atom. The van der Waals surface area contributed by atoms with Gasteiger partial charge in [0.2, 0.25) is 0 Å². The molecule has 0 aliphatic carbocycles. The number of aryl methyl sites for hydroxylation is 1. The van der Waals surface area contributed by atoms with Gasteiger partial charge in [-0.25, -0.2) is 4.39 Å². The minimum Gasteiger partial charge on any atom is -0.505 e. The summed E-state index contributed by atoms with van der Waals surface area (Å²) in [6, 6.07) is 2.51. The van der Waals surface area contributed by atoms with Crippen molar-refractivity contribution in [3.63, 3.8) is 0 Å². The third-order valence-electron chi connectivity index (χ3n) is 2.63. The lowest BCUT2D eigenvalue weighted by Gasteiger charge is -2.29. The highest BCUT2D eigenvalue weighted by Crippen LogP contribution is 2.38. The van der Waals surface area contributed by atoms with E-state index in [1.165, 1.54) is 6.07 Å². The second-order valence-electron chi connectivity index (χ2n) is 4.97. The molecule has 1 rings (SSSR count). The molecule has 1 aromatic carbocycles. The van der Waals surface area contributed by atoms with Crippen LogP contribution < -0.4 is 5.73 Å². The van der Waals surface area contributed by atoms with Crippen molar-refractivity contribution in [2.24, 2.45) is 11.1 Å². The summed E-state index contributed by atoms with van der Waals surface area (Å²) in [5.74, 6) is -0.937. The van der Waals surface area contributed by atoms with Crippen molar-refractivity contribution in [3.8, 4) is 5.75 Å². The summed E-state index contributed by atoms with van der Waals surface area (Å²) in [4.78, 5) is 0. The van der Waals surface area contributed by atoms with Crippen LogP contribution in [0.5, 0.6) is 5.75 Å². The third kappa shape index (κ3) is 2.29. The Morgan fingerprint density at radius 2 is 1.87 bits per heavy atom. The SMILES string of the molecule is Cc1ccc(F)c(O)c1[C@@H](N)C(C)(C)C. The summed E-state index contributed by atoms with van der Waals surface area (Å²) in [5, 5.41) is 9.66. The molecule has 1 aromatic rings. The lowest BCUT2D eigenvalue weighted by molar-refractivity contribution is 0.312. The summed E-state index contributed by atoms with van der Waals surface area (Å²) in [5.41, 5.74) is 7.12. The van der Waals surface area contributed by atoms with Gasteiger partial charge in [0.25, 0.3) is 0 Å². The number of phenols is 1. The Morgan fingerprint density at radius 1 is 1.33 bits per heavy atom. The molecular weight excluding hydrogens is 193 g/mol. The van der Waals surface area contributed by atoms with Crippen LogP contribution in [-0.2, 0) is 0 Å². The molecule has 3 heteroatoms. The second-order valence-corrected chi connectivity index (χ2v) is 4.97. The highest BCUT2D eigenvalue weighted by atomic mass is 19.1. The Kier molecular flexibility index (Phi) is 3.05. The van der Waals surface area contributed by atoms with E-state index >= 15 is 0 Å². The lowest BCUT2D eigenvalue weighted by atomic mass is 9.81. The van der Waals surface area contributed by atoms with Crippen molar-refractivity contribution in [3.05, 3.63) is 29.1 Å². The molecule has 0 fully saturated rings. The maximum atomic E-state index is 13.2. The average Bonchev–Trinajstić information content (AvgIpc) is 2.10. The Bertz CT molecular complexity index is 369. The second kappa shape index (κ2) is 3.81. The van der Waals surface area contributed by atoms with Gasteiger partial charge in [0.05, 0.1) is 0 Å². The van der Waals surface area contributed by atoms with Crippen LogP contribution in [0.25, 0.3) is 0 Å². The minimum absolute atomic E-state index is 0.212. The number of halogens is 1. The molecule has 0 saturated carbocycles. The quantitative estimate of drug-likeness (QED) is 0.750. The average molecular weight is 211 g/mol. The van der Waals surface area contributed by atoms with Crippen LogP contribution in [0.1, 0.15) is 37.9 Å². The van der Waals surface area contributed by atoms with Gasteiger partial charge in [-0.05, 0) is 24.0 Å². The number of hydrogen-bond donors (Lipinski definition) is 2. The fourth-order valence-electron chi connectivity index (χ4n) is 1.51. The van der Waals surface area contributed by atoms with Gasteiger partial charge in [-0.15, -0.1) is 0 Å². The Balaban J connectivity index is 3.31. The van der Waals surface area contributed by atoms with Gasteiger partial charge in [0.1, 0.15) is 0 Å². The maximum absolute atomic E-state index is 13.2. The molecule has 0 saturated heterocycles. The standard InChI is InChI=1S/C12H18FNO/c1-7-5-6-8(13)10(15)9(7)11(14)12(2,3)4/h5-6,11,15H,14H2,1-4H3/t11-/m1/s1. The molecule has 0 radical (unpaired) electrons. The van der Waals surface area contributed by atoms with E-state index in [1.54, 1.807) is 6.07 Å². The normalized spacial score (nSPS) is 14.0. The van der Waals surface area contributed by atoms with Gasteiger partial charge >= 0.3 is 0 Å². The van der Waals surface area contributed by atoms with Crippen LogP contribution in [0, 0.1) is 18.2 Å². The van der Waals surface area contributed by atoms with E-state index in [1.807, 2.05) is 27.7 Å². The molecule has 0 heterocycles. The van der Waals surface area contributed by atoms with Gasteiger partial charge in [-0.3, -0.25) is 0 Å². The highest BCUT2D eigenvalue weighted by Gasteiger charge is 2.27. The number of aromatic hydroxyl groups is 1. The molecule has 0 amide bonds. The fourth-order valence-corrected chi connectivity index (χ4v) is 1.51. The van der Waals surface area contributed by atoms with Crippen LogP contribution in [0.3, 0.4) is 0 Å². The van der Waals surface area contributed by atoms with Gasteiger partial charge in [0, 0.05) is 11.6 Å². The summed E-state index contributed by atoms with van der Waals surface area (Å²) in [7, 11) is 0. The topological polar surface area (TPSA) is 46.2 Å². The first kappa shape index (κ1) is 12.0. The molecule has 15 heavy (non-hydrogen) atoms. The van der Waals surface area contributed by atoms with Crippen molar-refractivity contribution >= 4 is 0 Å². The molecule has 0 unspecified atom stereocenters. The molecule has 0 aromatic heterocycles. The van der Waals surface area contributed by atoms with Crippen molar-refractivity contribution in [1.29, 1.82) is 0 Å². The predicted octanol–water partition coefficient (Wildman–Crippen LogP) is 2.89. The minimum atomic E-state index is -0.615. The maximum Gasteiger partial charge on any atom is 0.165 e. The van der Waals surface area contributed by atoms with E-state index in [2.05, 4.69) is 0 Å². The van der Waals surface area contributed by atoms with E-state index in [-0.39, 0.29) is 17.2 Å². The molecule has 1 atom stereocenters. The van der Waals surface area contributed by atoms with Crippen molar-refractivity contribution in [1.82, 2.24) is 0 Å². The molecule has 3 N–H and O–H groups in total. The first-order valence-electron chi connectivity index (χ1n) is 4.98. The van der Waals surface area contributed by atoms with Gasteiger partial charge < -0.3 is 10.8 Å². The monoisotopic (exact) mass is 211 g/mol. The van der Waals surface area contributed by atoms with E-state index in [4.69, 9.17) is 5.73 Å². The van der Waals surface area contributed by atoms with Crippen LogP contribution in [-0.4, -0.2) is 5.11 Å². The summed E-state index contributed by atoms with van der Waals surface area (Å²) >= 11 is 0. The Labute approximate surface area is 89.9 Å². The summed E-state index contributed by atoms with van der Waals surface area (Å²) < 4.78 is 13.2. The zero-order valence-corrected chi connectivity index (χ0v) is 9.63. The van der Waals surface area contributed by atoms with Crippen LogP contribution in [0.2, 0.25) is 0 Å². The number of nitrogens with two attached hydrogens (primary N) is 1. The zero-order chi connectivity index (χ0) is 11.8. The zero-order valence-electron chi connectivity index (χ0n) is 9.63. The van der Waals surface area contributed by atoms with Crippen LogP contribution >= 0.6 is 0 Å². The fraction of sp³-hybridized carbons (Fsp3) is 0.500. The van der Waals surface area contributed by atoms with E-state index in [0.717, 1.165) is 5.56 Å². The number of phenolic OH excluding ortho intramolecular Hbond substituents is 1. The molecule has 0 aliphatic heterocycles. The van der Waals surface area contributed by atoms with Crippen LogP contribution in [0.4, 0.5) is 4.39 Å². The molecule has 84 valence electrons. The smallest absolute Gasteiger partial charge is 0.165 e. The largest absolute Gasteiger partial charge is 0.505 e. The van der Waals surface area contributed by atoms with Crippen molar-refractivity contribution in [2.45, 2.75) is 33.7 Å². The predicted molar refractivity (Wildman–Crippen MR) is 59.2 cm³/mol. The summed E-state index contributed by atoms with van der Waals surface area (Å²) in [6.07, 6.45) is 0. The number of rotatable bonds is 1. The third-order valence-corrected chi connectivity index (χ3v) is 2.63. The first-order chi connectivity index (χ1) is 6.75. The Hall–Kier alpha value is -1.09. The molecule has 0 bridgehead atoms. The number of hydrogen-bond acceptors (Lipinski definition) is 2. The van der Waals surface area contributed by atoms with Crippen LogP contribution in [0.15, 0.2) is 12.1 Å². The van der Waals surface area contributed by atoms with Crippen molar-refractivity contribution in [2.75, 3.05) is 0 Å². The molecule has 0 aliphatic rings. The van der Waals surface area contributed by atoms with Gasteiger partial charge in [0.15, 0.2) is 11.6 Å². The summed E-state index contributed by atoms with van der Waals surface area (Å²) in [6.45, 7) is 7.70. The van der Waals surface area contributed by atoms with E-state index < -0.39 is 5.82 Å². The molecular formula is C12H18FNO. The van der Waals surface area contributed by atoms with Crippen molar-refractivity contribution < 1.29 is 9.50 Å². The van der Waals surface area contributed by atoms with Gasteiger partial charge in [-0.1, -0.05) is 26.8 Å². The number of benzene rings is 1. The molecule has 0 spiro atoms. The lowest BCUT2D eigenvalue weighted by Crippen LogP contribution is -2.27. The first-order valence-corrected chi connectivity index (χ1v) is 4.98. The van der Waals surface area contributed by atoms with E-state index in [0.29, 0.717) is 5.56 Å². The van der Waals surface area contributed by atoms with Gasteiger partial charge in [-0.2, -0.15) is 0 Å². The molecule has 2 nitrogen and oxygen atoms in total. The highest BCUT2D eigenvalue weighted by molar-refractivity contribution is 5.42. The van der Waals surface area contributed by atoms with E-state index in [9.17, 15) is 9.50 Å².